The zero-order chi connectivity index (χ0) is 14.5. The van der Waals surface area contributed by atoms with E-state index in [1.165, 1.54) is 4.88 Å². The Bertz CT molecular complexity index is 621. The van der Waals surface area contributed by atoms with Crippen LogP contribution in [-0.2, 0) is 6.54 Å². The van der Waals surface area contributed by atoms with Gasteiger partial charge in [-0.1, -0.05) is 12.1 Å². The van der Waals surface area contributed by atoms with Crippen LogP contribution >= 0.6 is 11.3 Å². The molecule has 2 rings (SSSR count). The summed E-state index contributed by atoms with van der Waals surface area (Å²) in [5, 5.41) is 4.08. The van der Waals surface area contributed by atoms with Crippen molar-refractivity contribution in [2.45, 2.75) is 20.4 Å². The number of hydrogen-bond acceptors (Lipinski definition) is 4. The highest BCUT2D eigenvalue weighted by atomic mass is 32.1. The summed E-state index contributed by atoms with van der Waals surface area (Å²) in [6.07, 6.45) is 0. The molecule has 6 heteroatoms. The van der Waals surface area contributed by atoms with E-state index in [1.54, 1.807) is 18.4 Å². The molecule has 3 N–H and O–H groups in total. The van der Waals surface area contributed by atoms with Crippen molar-refractivity contribution in [2.24, 2.45) is 10.7 Å². The van der Waals surface area contributed by atoms with Gasteiger partial charge < -0.3 is 15.8 Å². The van der Waals surface area contributed by atoms with Crippen LogP contribution < -0.4 is 15.8 Å². The number of benzene rings is 1. The molecule has 106 valence electrons. The van der Waals surface area contributed by atoms with Crippen molar-refractivity contribution in [2.75, 3.05) is 12.4 Å². The number of aromatic nitrogens is 1. The van der Waals surface area contributed by atoms with Crippen LogP contribution in [0.2, 0.25) is 0 Å². The van der Waals surface area contributed by atoms with Crippen LogP contribution in [0, 0.1) is 13.8 Å². The van der Waals surface area contributed by atoms with E-state index in [9.17, 15) is 0 Å². The van der Waals surface area contributed by atoms with E-state index < -0.39 is 0 Å². The Labute approximate surface area is 122 Å². The Morgan fingerprint density at radius 3 is 2.80 bits per heavy atom. The lowest BCUT2D eigenvalue weighted by Gasteiger charge is -2.09. The van der Waals surface area contributed by atoms with Gasteiger partial charge in [-0.25, -0.2) is 9.98 Å². The van der Waals surface area contributed by atoms with Gasteiger partial charge in [-0.3, -0.25) is 0 Å². The van der Waals surface area contributed by atoms with E-state index >= 15 is 0 Å². The molecule has 0 aliphatic heterocycles. The minimum absolute atomic E-state index is 0.347. The van der Waals surface area contributed by atoms with Gasteiger partial charge in [0, 0.05) is 4.88 Å². The number of aryl methyl sites for hydroxylation is 2. The van der Waals surface area contributed by atoms with E-state index in [4.69, 9.17) is 10.5 Å². The van der Waals surface area contributed by atoms with E-state index in [1.807, 2.05) is 38.1 Å². The molecule has 1 heterocycles. The number of para-hydroxylation sites is 2. The molecule has 5 nitrogen and oxygen atoms in total. The van der Waals surface area contributed by atoms with Crippen molar-refractivity contribution in [3.05, 3.63) is 39.8 Å². The number of nitrogens with two attached hydrogens (primary N) is 1. The second-order valence-corrected chi connectivity index (χ2v) is 5.67. The first kappa shape index (κ1) is 14.3. The smallest absolute Gasteiger partial charge is 0.193 e. The molecule has 2 aromatic rings. The SMILES string of the molecule is COc1ccccc1NC(N)=NCc1nc(C)sc1C. The van der Waals surface area contributed by atoms with Crippen LogP contribution in [0.25, 0.3) is 0 Å². The van der Waals surface area contributed by atoms with Gasteiger partial charge in [0.15, 0.2) is 5.96 Å². The maximum Gasteiger partial charge on any atom is 0.193 e. The van der Waals surface area contributed by atoms with Gasteiger partial charge in [-0.15, -0.1) is 11.3 Å². The Morgan fingerprint density at radius 2 is 2.15 bits per heavy atom. The van der Waals surface area contributed by atoms with Crippen LogP contribution in [0.1, 0.15) is 15.6 Å². The van der Waals surface area contributed by atoms with E-state index in [-0.39, 0.29) is 0 Å². The Balaban J connectivity index is 2.06. The highest BCUT2D eigenvalue weighted by Gasteiger charge is 2.05. The second-order valence-electron chi connectivity index (χ2n) is 4.26. The molecule has 0 fully saturated rings. The first-order chi connectivity index (χ1) is 9.60. The van der Waals surface area contributed by atoms with Crippen molar-refractivity contribution in [3.63, 3.8) is 0 Å². The molecule has 1 aromatic carbocycles. The number of guanidine groups is 1. The summed E-state index contributed by atoms with van der Waals surface area (Å²) in [6.45, 7) is 4.50. The van der Waals surface area contributed by atoms with Crippen LogP contribution in [0.3, 0.4) is 0 Å². The van der Waals surface area contributed by atoms with Crippen molar-refractivity contribution >= 4 is 23.0 Å². The molecule has 0 spiro atoms. The van der Waals surface area contributed by atoms with Gasteiger partial charge in [-0.2, -0.15) is 0 Å². The number of ether oxygens (including phenoxy) is 1. The Kier molecular flexibility index (Phi) is 4.57. The molecule has 20 heavy (non-hydrogen) atoms. The minimum atomic E-state index is 0.347. The molecule has 0 atom stereocenters. The molecule has 0 aliphatic rings. The molecule has 0 saturated carbocycles. The molecule has 0 bridgehead atoms. The summed E-state index contributed by atoms with van der Waals surface area (Å²) >= 11 is 1.67. The predicted molar refractivity (Wildman–Crippen MR) is 83.5 cm³/mol. The van der Waals surface area contributed by atoms with Gasteiger partial charge in [0.05, 0.1) is 30.0 Å². The van der Waals surface area contributed by atoms with Gasteiger partial charge in [-0.05, 0) is 26.0 Å². The summed E-state index contributed by atoms with van der Waals surface area (Å²) in [5.74, 6) is 1.07. The first-order valence-electron chi connectivity index (χ1n) is 6.23. The number of methoxy groups -OCH3 is 1. The number of hydrogen-bond donors (Lipinski definition) is 2. The number of rotatable bonds is 4. The lowest BCUT2D eigenvalue weighted by molar-refractivity contribution is 0.417. The topological polar surface area (TPSA) is 72.5 Å². The molecule has 0 aliphatic carbocycles. The third-order valence-electron chi connectivity index (χ3n) is 2.77. The predicted octanol–water partition coefficient (Wildman–Crippen LogP) is 2.70. The zero-order valence-corrected chi connectivity index (χ0v) is 12.6. The largest absolute Gasteiger partial charge is 0.495 e. The Morgan fingerprint density at radius 1 is 1.40 bits per heavy atom. The van der Waals surface area contributed by atoms with E-state index in [0.29, 0.717) is 12.5 Å². The highest BCUT2D eigenvalue weighted by molar-refractivity contribution is 7.11. The van der Waals surface area contributed by atoms with Crippen LogP contribution in [0.4, 0.5) is 5.69 Å². The highest BCUT2D eigenvalue weighted by Crippen LogP contribution is 2.22. The fraction of sp³-hybridized carbons (Fsp3) is 0.286. The van der Waals surface area contributed by atoms with E-state index in [2.05, 4.69) is 15.3 Å². The Hall–Kier alpha value is -2.08. The third-order valence-corrected chi connectivity index (χ3v) is 3.70. The van der Waals surface area contributed by atoms with E-state index in [0.717, 1.165) is 22.1 Å². The van der Waals surface area contributed by atoms with Crippen molar-refractivity contribution in [3.8, 4) is 5.75 Å². The maximum atomic E-state index is 5.89. The zero-order valence-electron chi connectivity index (χ0n) is 11.8. The van der Waals surface area contributed by atoms with Crippen molar-refractivity contribution in [1.82, 2.24) is 4.98 Å². The average Bonchev–Trinajstić information content (AvgIpc) is 2.75. The quantitative estimate of drug-likeness (QED) is 0.671. The number of thiazole rings is 1. The van der Waals surface area contributed by atoms with Crippen molar-refractivity contribution < 1.29 is 4.74 Å². The first-order valence-corrected chi connectivity index (χ1v) is 7.04. The number of aliphatic imine (C=N–C) groups is 1. The number of nitrogens with zero attached hydrogens (tertiary/aromatic N) is 2. The van der Waals surface area contributed by atoms with Gasteiger partial charge >= 0.3 is 0 Å². The monoisotopic (exact) mass is 290 g/mol. The summed E-state index contributed by atoms with van der Waals surface area (Å²) < 4.78 is 5.25. The second kappa shape index (κ2) is 6.38. The lowest BCUT2D eigenvalue weighted by Crippen LogP contribution is -2.23. The molecule has 1 aromatic heterocycles. The molecular formula is C14H18N4OS. The van der Waals surface area contributed by atoms with Gasteiger partial charge in [0.2, 0.25) is 0 Å². The van der Waals surface area contributed by atoms with Crippen molar-refractivity contribution in [1.29, 1.82) is 0 Å². The minimum Gasteiger partial charge on any atom is -0.495 e. The molecule has 0 radical (unpaired) electrons. The lowest BCUT2D eigenvalue weighted by atomic mass is 10.3. The van der Waals surface area contributed by atoms with Gasteiger partial charge in [0.1, 0.15) is 5.75 Å². The van der Waals surface area contributed by atoms with Crippen LogP contribution in [0.5, 0.6) is 5.75 Å². The average molecular weight is 290 g/mol. The fourth-order valence-corrected chi connectivity index (χ4v) is 2.63. The maximum absolute atomic E-state index is 5.89. The summed E-state index contributed by atoms with van der Waals surface area (Å²) in [4.78, 5) is 9.91. The number of anilines is 1. The summed E-state index contributed by atoms with van der Waals surface area (Å²) in [7, 11) is 1.62. The summed E-state index contributed by atoms with van der Waals surface area (Å²) in [5.41, 5.74) is 7.66. The molecule has 0 saturated heterocycles. The fourth-order valence-electron chi connectivity index (χ4n) is 1.80. The van der Waals surface area contributed by atoms with Gasteiger partial charge in [0.25, 0.3) is 0 Å². The van der Waals surface area contributed by atoms with Crippen LogP contribution in [0.15, 0.2) is 29.3 Å². The standard InChI is InChI=1S/C14H18N4OS/c1-9-12(17-10(2)20-9)8-16-14(15)18-11-6-4-5-7-13(11)19-3/h4-7H,8H2,1-3H3,(H3,15,16,18). The normalized spacial score (nSPS) is 11.4. The third kappa shape index (κ3) is 3.48. The molecule has 0 amide bonds. The molecule has 0 unspecified atom stereocenters. The molecular weight excluding hydrogens is 272 g/mol. The summed E-state index contributed by atoms with van der Waals surface area (Å²) in [6, 6.07) is 7.56. The number of nitrogens with one attached hydrogen (secondary N) is 1. The van der Waals surface area contributed by atoms with Crippen LogP contribution in [-0.4, -0.2) is 18.1 Å².